The van der Waals surface area contributed by atoms with Crippen LogP contribution in [-0.4, -0.2) is 22.3 Å². The van der Waals surface area contributed by atoms with E-state index in [0.29, 0.717) is 6.42 Å². The molecule has 2 aromatic rings. The van der Waals surface area contributed by atoms with Gasteiger partial charge < -0.3 is 15.1 Å². The summed E-state index contributed by atoms with van der Waals surface area (Å²) < 4.78 is 15.9. The van der Waals surface area contributed by atoms with Crippen LogP contribution < -0.4 is 5.32 Å². The first kappa shape index (κ1) is 21.6. The second-order valence-electron chi connectivity index (χ2n) is 6.64. The Bertz CT molecular complexity index is 784. The van der Waals surface area contributed by atoms with Crippen molar-refractivity contribution in [1.82, 2.24) is 5.32 Å². The number of benzene rings is 2. The molecule has 27 heavy (non-hydrogen) atoms. The van der Waals surface area contributed by atoms with Gasteiger partial charge in [-0.2, -0.15) is 0 Å². The van der Waals surface area contributed by atoms with Gasteiger partial charge in [0, 0.05) is 6.42 Å². The number of hydrogen-bond donors (Lipinski definition) is 3. The molecule has 1 atom stereocenters. The molecule has 0 aliphatic carbocycles. The first-order valence-electron chi connectivity index (χ1n) is 9.38. The van der Waals surface area contributed by atoms with Gasteiger partial charge in [-0.25, -0.2) is 4.57 Å². The Balaban J connectivity index is 2.11. The summed E-state index contributed by atoms with van der Waals surface area (Å²) in [5.74, 6) is -0.140. The predicted molar refractivity (Wildman–Crippen MR) is 106 cm³/mol. The molecular formula is C20H28NO5P. The number of rotatable bonds is 11. The maximum absolute atomic E-state index is 12.4. The Hall–Kier alpha value is -1.72. The molecule has 7 heteroatoms. The Morgan fingerprint density at radius 2 is 1.78 bits per heavy atom. The van der Waals surface area contributed by atoms with Crippen LogP contribution in [0.2, 0.25) is 0 Å². The van der Waals surface area contributed by atoms with Gasteiger partial charge in [-0.05, 0) is 22.8 Å². The number of carbonyl (C=O) groups is 1. The average Bonchev–Trinajstić information content (AvgIpc) is 2.64. The minimum absolute atomic E-state index is 0.140. The van der Waals surface area contributed by atoms with Crippen molar-refractivity contribution in [2.24, 2.45) is 0 Å². The van der Waals surface area contributed by atoms with Crippen molar-refractivity contribution in [3.8, 4) is 0 Å². The summed E-state index contributed by atoms with van der Waals surface area (Å²) >= 11 is 0. The van der Waals surface area contributed by atoms with Crippen LogP contribution in [0.25, 0.3) is 10.8 Å². The molecule has 1 amide bonds. The maximum atomic E-state index is 12.4. The molecule has 0 saturated heterocycles. The molecule has 0 bridgehead atoms. The second-order valence-corrected chi connectivity index (χ2v) is 7.88. The van der Waals surface area contributed by atoms with E-state index < -0.39 is 13.9 Å². The fraction of sp³-hybridized carbons (Fsp3) is 0.450. The number of phosphoric ester groups is 1. The third-order valence-electron chi connectivity index (χ3n) is 4.45. The van der Waals surface area contributed by atoms with E-state index in [2.05, 4.69) is 12.2 Å². The highest BCUT2D eigenvalue weighted by Gasteiger charge is 2.22. The second kappa shape index (κ2) is 10.6. The van der Waals surface area contributed by atoms with Crippen LogP contribution in [-0.2, 0) is 13.9 Å². The molecule has 0 saturated carbocycles. The number of nitrogens with one attached hydrogen (secondary N) is 1. The van der Waals surface area contributed by atoms with Crippen LogP contribution >= 0.6 is 7.82 Å². The summed E-state index contributed by atoms with van der Waals surface area (Å²) in [6.45, 7) is 1.85. The van der Waals surface area contributed by atoms with Gasteiger partial charge in [0.15, 0.2) is 0 Å². The zero-order chi connectivity index (χ0) is 19.7. The number of unbranched alkanes of at least 4 members (excludes halogenated alkanes) is 4. The molecule has 2 rings (SSSR count). The SMILES string of the molecule is CCCCCCCC(=O)NC(COP(=O)(O)O)c1cccc2ccccc12. The lowest BCUT2D eigenvalue weighted by molar-refractivity contribution is -0.122. The fourth-order valence-electron chi connectivity index (χ4n) is 3.09. The molecule has 2 aromatic carbocycles. The quantitative estimate of drug-likeness (QED) is 0.387. The molecule has 0 heterocycles. The Labute approximate surface area is 160 Å². The largest absolute Gasteiger partial charge is 0.469 e. The lowest BCUT2D eigenvalue weighted by Gasteiger charge is -2.21. The number of fused-ring (bicyclic) bond motifs is 1. The van der Waals surface area contributed by atoms with E-state index in [0.717, 1.165) is 48.4 Å². The first-order valence-corrected chi connectivity index (χ1v) is 10.9. The highest BCUT2D eigenvalue weighted by Crippen LogP contribution is 2.37. The smallest absolute Gasteiger partial charge is 0.347 e. The molecule has 0 aromatic heterocycles. The van der Waals surface area contributed by atoms with Gasteiger partial charge in [-0.15, -0.1) is 0 Å². The highest BCUT2D eigenvalue weighted by molar-refractivity contribution is 7.46. The molecule has 0 spiro atoms. The number of carbonyl (C=O) groups excluding carboxylic acids is 1. The summed E-state index contributed by atoms with van der Waals surface area (Å²) in [4.78, 5) is 30.5. The van der Waals surface area contributed by atoms with Crippen LogP contribution in [0.3, 0.4) is 0 Å². The number of phosphoric acid groups is 1. The molecular weight excluding hydrogens is 365 g/mol. The third kappa shape index (κ3) is 7.43. The van der Waals surface area contributed by atoms with Gasteiger partial charge in [-0.1, -0.05) is 75.1 Å². The molecule has 6 nitrogen and oxygen atoms in total. The molecule has 0 aliphatic rings. The van der Waals surface area contributed by atoms with Crippen LogP contribution in [0.15, 0.2) is 42.5 Å². The maximum Gasteiger partial charge on any atom is 0.469 e. The Morgan fingerprint density at radius 1 is 1.07 bits per heavy atom. The van der Waals surface area contributed by atoms with E-state index in [1.807, 2.05) is 42.5 Å². The third-order valence-corrected chi connectivity index (χ3v) is 4.94. The standard InChI is InChI=1S/C20H28NO5P/c1-2-3-4-5-6-14-20(22)21-19(15-26-27(23,24)25)18-13-9-11-16-10-7-8-12-17(16)18/h7-13,19H,2-6,14-15H2,1H3,(H,21,22)(H2,23,24,25). The van der Waals surface area contributed by atoms with Crippen molar-refractivity contribution in [3.63, 3.8) is 0 Å². The van der Waals surface area contributed by atoms with E-state index in [1.165, 1.54) is 0 Å². The summed E-state index contributed by atoms with van der Waals surface area (Å²) in [6, 6.07) is 12.7. The molecule has 1 unspecified atom stereocenters. The molecule has 3 N–H and O–H groups in total. The zero-order valence-corrected chi connectivity index (χ0v) is 16.5. The van der Waals surface area contributed by atoms with Crippen LogP contribution in [0.5, 0.6) is 0 Å². The lowest BCUT2D eigenvalue weighted by Crippen LogP contribution is -2.31. The summed E-state index contributed by atoms with van der Waals surface area (Å²) in [5, 5.41) is 4.79. The predicted octanol–water partition coefficient (Wildman–Crippen LogP) is 4.47. The van der Waals surface area contributed by atoms with Crippen molar-refractivity contribution in [2.75, 3.05) is 6.61 Å². The fourth-order valence-corrected chi connectivity index (χ4v) is 3.43. The van der Waals surface area contributed by atoms with Gasteiger partial charge in [0.05, 0.1) is 12.6 Å². The van der Waals surface area contributed by atoms with Gasteiger partial charge in [0.1, 0.15) is 0 Å². The summed E-state index contributed by atoms with van der Waals surface area (Å²) in [7, 11) is -4.63. The van der Waals surface area contributed by atoms with Gasteiger partial charge in [-0.3, -0.25) is 9.32 Å². The molecule has 0 aliphatic heterocycles. The number of amides is 1. The van der Waals surface area contributed by atoms with Crippen LogP contribution in [0.1, 0.15) is 57.1 Å². The van der Waals surface area contributed by atoms with Crippen molar-refractivity contribution in [1.29, 1.82) is 0 Å². The minimum Gasteiger partial charge on any atom is -0.347 e. The van der Waals surface area contributed by atoms with Crippen molar-refractivity contribution >= 4 is 24.5 Å². The molecule has 148 valence electrons. The van der Waals surface area contributed by atoms with Gasteiger partial charge in [0.25, 0.3) is 0 Å². The molecule has 0 fully saturated rings. The molecule has 0 radical (unpaired) electrons. The van der Waals surface area contributed by atoms with Crippen molar-refractivity contribution < 1.29 is 23.7 Å². The average molecular weight is 393 g/mol. The highest BCUT2D eigenvalue weighted by atomic mass is 31.2. The monoisotopic (exact) mass is 393 g/mol. The van der Waals surface area contributed by atoms with Crippen LogP contribution in [0, 0.1) is 0 Å². The number of hydrogen-bond acceptors (Lipinski definition) is 3. The van der Waals surface area contributed by atoms with E-state index in [1.54, 1.807) is 0 Å². The lowest BCUT2D eigenvalue weighted by atomic mass is 9.99. The first-order chi connectivity index (χ1) is 12.9. The Kier molecular flexibility index (Phi) is 8.45. The van der Waals surface area contributed by atoms with Gasteiger partial charge >= 0.3 is 7.82 Å². The summed E-state index contributed by atoms with van der Waals surface area (Å²) in [5.41, 5.74) is 0.779. The van der Waals surface area contributed by atoms with E-state index in [4.69, 9.17) is 14.3 Å². The summed E-state index contributed by atoms with van der Waals surface area (Å²) in [6.07, 6.45) is 5.61. The normalized spacial score (nSPS) is 12.9. The minimum atomic E-state index is -4.63. The van der Waals surface area contributed by atoms with E-state index in [-0.39, 0.29) is 12.5 Å². The van der Waals surface area contributed by atoms with Gasteiger partial charge in [0.2, 0.25) is 5.91 Å². The van der Waals surface area contributed by atoms with E-state index in [9.17, 15) is 9.36 Å². The zero-order valence-electron chi connectivity index (χ0n) is 15.6. The van der Waals surface area contributed by atoms with Crippen molar-refractivity contribution in [3.05, 3.63) is 48.0 Å². The van der Waals surface area contributed by atoms with Crippen molar-refractivity contribution in [2.45, 2.75) is 51.5 Å². The Morgan fingerprint density at radius 3 is 2.52 bits per heavy atom. The van der Waals surface area contributed by atoms with E-state index >= 15 is 0 Å². The topological polar surface area (TPSA) is 95.9 Å². The van der Waals surface area contributed by atoms with Crippen LogP contribution in [0.4, 0.5) is 0 Å².